The zero-order chi connectivity index (χ0) is 10.7. The number of alkyl halides is 2. The van der Waals surface area contributed by atoms with Crippen molar-refractivity contribution in [1.82, 2.24) is 0 Å². The molecule has 0 radical (unpaired) electrons. The second kappa shape index (κ2) is 3.87. The molecule has 0 fully saturated rings. The summed E-state index contributed by atoms with van der Waals surface area (Å²) in [4.78, 5) is 0. The number of hydrogen-bond acceptors (Lipinski definition) is 3. The summed E-state index contributed by atoms with van der Waals surface area (Å²) in [7, 11) is 0. The lowest BCUT2D eigenvalue weighted by Gasteiger charge is -2.07. The molecule has 0 aliphatic heterocycles. The van der Waals surface area contributed by atoms with Gasteiger partial charge in [0, 0.05) is 6.07 Å². The van der Waals surface area contributed by atoms with E-state index in [1.54, 1.807) is 6.07 Å². The van der Waals surface area contributed by atoms with Crippen LogP contribution in [0.3, 0.4) is 0 Å². The van der Waals surface area contributed by atoms with Crippen LogP contribution in [-0.2, 0) is 0 Å². The molecule has 14 heavy (non-hydrogen) atoms. The van der Waals surface area contributed by atoms with Crippen LogP contribution in [0.1, 0.15) is 5.56 Å². The SMILES string of the molecule is N#Cc1cc(N)c(F)cc1OC(F)F. The third-order valence-corrected chi connectivity index (χ3v) is 1.44. The minimum atomic E-state index is -3.11. The molecule has 0 aliphatic carbocycles. The van der Waals surface area contributed by atoms with Gasteiger partial charge in [0.2, 0.25) is 0 Å². The van der Waals surface area contributed by atoms with Crippen LogP contribution >= 0.6 is 0 Å². The molecule has 2 N–H and O–H groups in total. The second-order valence-electron chi connectivity index (χ2n) is 2.36. The Labute approximate surface area is 77.5 Å². The molecular weight excluding hydrogens is 197 g/mol. The van der Waals surface area contributed by atoms with Crippen molar-refractivity contribution in [3.8, 4) is 11.8 Å². The number of nitriles is 1. The third kappa shape index (κ3) is 2.07. The second-order valence-corrected chi connectivity index (χ2v) is 2.36. The quantitative estimate of drug-likeness (QED) is 0.745. The number of nitrogen functional groups attached to an aromatic ring is 1. The van der Waals surface area contributed by atoms with Gasteiger partial charge in [-0.15, -0.1) is 0 Å². The van der Waals surface area contributed by atoms with Crippen molar-refractivity contribution in [2.75, 3.05) is 5.73 Å². The number of rotatable bonds is 2. The lowest BCUT2D eigenvalue weighted by Crippen LogP contribution is -2.05. The first kappa shape index (κ1) is 10.2. The fourth-order valence-electron chi connectivity index (χ4n) is 0.853. The van der Waals surface area contributed by atoms with Gasteiger partial charge in [0.05, 0.1) is 11.3 Å². The zero-order valence-corrected chi connectivity index (χ0v) is 6.80. The Bertz CT molecular complexity index is 387. The molecule has 0 saturated heterocycles. The first-order valence-electron chi connectivity index (χ1n) is 3.48. The summed E-state index contributed by atoms with van der Waals surface area (Å²) < 4.78 is 40.3. The lowest BCUT2D eigenvalue weighted by molar-refractivity contribution is -0.0501. The molecule has 6 heteroatoms. The van der Waals surface area contributed by atoms with E-state index in [2.05, 4.69) is 4.74 Å². The van der Waals surface area contributed by atoms with E-state index in [1.165, 1.54) is 0 Å². The summed E-state index contributed by atoms with van der Waals surface area (Å²) in [6.07, 6.45) is 0. The van der Waals surface area contributed by atoms with E-state index in [-0.39, 0.29) is 11.3 Å². The minimum absolute atomic E-state index is 0.232. The number of nitrogens with two attached hydrogens (primary N) is 1. The van der Waals surface area contributed by atoms with Crippen molar-refractivity contribution in [3.63, 3.8) is 0 Å². The van der Waals surface area contributed by atoms with Gasteiger partial charge in [-0.1, -0.05) is 0 Å². The van der Waals surface area contributed by atoms with Gasteiger partial charge in [-0.3, -0.25) is 0 Å². The molecule has 1 aromatic rings. The van der Waals surface area contributed by atoms with Crippen LogP contribution in [0.5, 0.6) is 5.75 Å². The first-order chi connectivity index (χ1) is 6.54. The molecule has 0 spiro atoms. The van der Waals surface area contributed by atoms with Crippen LogP contribution in [0, 0.1) is 17.1 Å². The number of halogens is 3. The molecule has 0 saturated carbocycles. The zero-order valence-electron chi connectivity index (χ0n) is 6.80. The van der Waals surface area contributed by atoms with Crippen molar-refractivity contribution in [2.45, 2.75) is 6.61 Å². The average molecular weight is 202 g/mol. The molecule has 0 atom stereocenters. The Morgan fingerprint density at radius 1 is 1.43 bits per heavy atom. The topological polar surface area (TPSA) is 59.0 Å². The molecule has 1 rings (SSSR count). The molecule has 74 valence electrons. The number of benzene rings is 1. The molecule has 0 heterocycles. The fraction of sp³-hybridized carbons (Fsp3) is 0.125. The molecule has 3 nitrogen and oxygen atoms in total. The average Bonchev–Trinajstić information content (AvgIpc) is 2.10. The normalized spacial score (nSPS) is 9.93. The highest BCUT2D eigenvalue weighted by Gasteiger charge is 2.12. The summed E-state index contributed by atoms with van der Waals surface area (Å²) in [6.45, 7) is -3.11. The standard InChI is InChI=1S/C8H5F3N2O/c9-5-2-7(14-8(10)11)4(3-12)1-6(5)13/h1-2,8H,13H2. The van der Waals surface area contributed by atoms with Crippen LogP contribution in [0.4, 0.5) is 18.9 Å². The Morgan fingerprint density at radius 3 is 2.57 bits per heavy atom. The molecule has 0 aromatic heterocycles. The van der Waals surface area contributed by atoms with E-state index in [1.807, 2.05) is 0 Å². The number of anilines is 1. The van der Waals surface area contributed by atoms with Gasteiger partial charge < -0.3 is 10.5 Å². The third-order valence-electron chi connectivity index (χ3n) is 1.44. The first-order valence-corrected chi connectivity index (χ1v) is 3.48. The Kier molecular flexibility index (Phi) is 2.82. The molecule has 0 amide bonds. The number of ether oxygens (including phenoxy) is 1. The van der Waals surface area contributed by atoms with E-state index < -0.39 is 18.2 Å². The van der Waals surface area contributed by atoms with Crippen molar-refractivity contribution in [3.05, 3.63) is 23.5 Å². The van der Waals surface area contributed by atoms with Crippen LogP contribution in [0.2, 0.25) is 0 Å². The van der Waals surface area contributed by atoms with Crippen molar-refractivity contribution in [2.24, 2.45) is 0 Å². The lowest BCUT2D eigenvalue weighted by atomic mass is 10.2. The maximum atomic E-state index is 12.8. The van der Waals surface area contributed by atoms with E-state index >= 15 is 0 Å². The molecule has 0 aliphatic rings. The van der Waals surface area contributed by atoms with Crippen LogP contribution in [-0.4, -0.2) is 6.61 Å². The summed E-state index contributed by atoms with van der Waals surface area (Å²) in [5.74, 6) is -1.42. The molecule has 0 unspecified atom stereocenters. The Balaban J connectivity index is 3.15. The molecule has 0 bridgehead atoms. The van der Waals surface area contributed by atoms with Gasteiger partial charge in [-0.05, 0) is 6.07 Å². The highest BCUT2D eigenvalue weighted by molar-refractivity contribution is 5.54. The maximum absolute atomic E-state index is 12.8. The maximum Gasteiger partial charge on any atom is 0.387 e. The highest BCUT2D eigenvalue weighted by atomic mass is 19.3. The highest BCUT2D eigenvalue weighted by Crippen LogP contribution is 2.25. The van der Waals surface area contributed by atoms with Crippen LogP contribution in [0.25, 0.3) is 0 Å². The van der Waals surface area contributed by atoms with Gasteiger partial charge in [-0.25, -0.2) is 4.39 Å². The van der Waals surface area contributed by atoms with Crippen molar-refractivity contribution >= 4 is 5.69 Å². The van der Waals surface area contributed by atoms with E-state index in [0.717, 1.165) is 6.07 Å². The summed E-state index contributed by atoms with van der Waals surface area (Å²) in [5, 5.41) is 8.49. The monoisotopic (exact) mass is 202 g/mol. The van der Waals surface area contributed by atoms with Gasteiger partial charge in [0.25, 0.3) is 0 Å². The van der Waals surface area contributed by atoms with E-state index in [4.69, 9.17) is 11.0 Å². The summed E-state index contributed by atoms with van der Waals surface area (Å²) in [5.41, 5.74) is 4.61. The number of hydrogen-bond donors (Lipinski definition) is 1. The van der Waals surface area contributed by atoms with Gasteiger partial charge in [0.1, 0.15) is 17.6 Å². The Hall–Kier alpha value is -1.90. The summed E-state index contributed by atoms with van der Waals surface area (Å²) in [6, 6.07) is 3.15. The van der Waals surface area contributed by atoms with Gasteiger partial charge >= 0.3 is 6.61 Å². The van der Waals surface area contributed by atoms with Crippen LogP contribution < -0.4 is 10.5 Å². The van der Waals surface area contributed by atoms with Gasteiger partial charge in [0.15, 0.2) is 0 Å². The summed E-state index contributed by atoms with van der Waals surface area (Å²) >= 11 is 0. The molecule has 1 aromatic carbocycles. The minimum Gasteiger partial charge on any atom is -0.433 e. The van der Waals surface area contributed by atoms with E-state index in [9.17, 15) is 13.2 Å². The molecular formula is C8H5F3N2O. The van der Waals surface area contributed by atoms with Crippen molar-refractivity contribution in [1.29, 1.82) is 5.26 Å². The van der Waals surface area contributed by atoms with Gasteiger partial charge in [-0.2, -0.15) is 14.0 Å². The number of nitrogens with zero attached hydrogens (tertiary/aromatic N) is 1. The Morgan fingerprint density at radius 2 is 2.07 bits per heavy atom. The predicted octanol–water partition coefficient (Wildman–Crippen LogP) is 1.88. The fourth-order valence-corrected chi connectivity index (χ4v) is 0.853. The van der Waals surface area contributed by atoms with E-state index in [0.29, 0.717) is 6.07 Å². The largest absolute Gasteiger partial charge is 0.433 e. The van der Waals surface area contributed by atoms with Crippen LogP contribution in [0.15, 0.2) is 12.1 Å². The smallest absolute Gasteiger partial charge is 0.387 e. The van der Waals surface area contributed by atoms with Crippen molar-refractivity contribution < 1.29 is 17.9 Å². The predicted molar refractivity (Wildman–Crippen MR) is 42.2 cm³/mol.